The van der Waals surface area contributed by atoms with Gasteiger partial charge >= 0.3 is 0 Å². The van der Waals surface area contributed by atoms with E-state index < -0.39 is 16.1 Å². The Morgan fingerprint density at radius 3 is 2.66 bits per heavy atom. The molecule has 11 heteroatoms. The second kappa shape index (κ2) is 11.8. The molecule has 2 aromatic rings. The standard InChI is InChI=1S/C27H33ClN4O4S2/c28-25-12-11-22(37-25)13-17-38(35,36)29-23-9-5-15-31(27(23)34)19-26(33)32-16-4-8-21(32)18-30-14-3-7-20-6-1-2-10-24(20)30/h1-2,6,10-13,17,21,23,29H,3-5,7-9,14-16,18-19H2/b17-13+/t21-,23-/m0/s1. The van der Waals surface area contributed by atoms with Crippen molar-refractivity contribution in [3.05, 3.63) is 56.6 Å². The Bertz CT molecular complexity index is 1310. The molecule has 1 aromatic carbocycles. The third kappa shape index (κ3) is 6.42. The van der Waals surface area contributed by atoms with Gasteiger partial charge in [-0.15, -0.1) is 11.3 Å². The average molecular weight is 577 g/mol. The topological polar surface area (TPSA) is 90.0 Å². The summed E-state index contributed by atoms with van der Waals surface area (Å²) >= 11 is 7.17. The molecule has 0 spiro atoms. The molecule has 2 amide bonds. The summed E-state index contributed by atoms with van der Waals surface area (Å²) in [5.41, 5.74) is 2.62. The van der Waals surface area contributed by atoms with Gasteiger partial charge in [-0.05, 0) is 68.4 Å². The number of thiophene rings is 1. The van der Waals surface area contributed by atoms with Crippen LogP contribution in [0.5, 0.6) is 0 Å². The molecule has 4 heterocycles. The highest BCUT2D eigenvalue weighted by molar-refractivity contribution is 7.92. The summed E-state index contributed by atoms with van der Waals surface area (Å²) in [4.78, 5) is 33.0. The van der Waals surface area contributed by atoms with E-state index in [4.69, 9.17) is 11.6 Å². The molecule has 0 bridgehead atoms. The molecule has 204 valence electrons. The lowest BCUT2D eigenvalue weighted by Crippen LogP contribution is -2.55. The number of rotatable bonds is 8. The number of sulfonamides is 1. The summed E-state index contributed by atoms with van der Waals surface area (Å²) in [5, 5.41) is 1.06. The highest BCUT2D eigenvalue weighted by Gasteiger charge is 2.36. The van der Waals surface area contributed by atoms with E-state index in [1.165, 1.54) is 33.6 Å². The third-order valence-electron chi connectivity index (χ3n) is 7.50. The van der Waals surface area contributed by atoms with Gasteiger partial charge in [-0.3, -0.25) is 9.59 Å². The van der Waals surface area contributed by atoms with Crippen molar-refractivity contribution in [3.8, 4) is 0 Å². The van der Waals surface area contributed by atoms with E-state index in [0.717, 1.165) is 44.2 Å². The maximum atomic E-state index is 13.4. The van der Waals surface area contributed by atoms with E-state index in [2.05, 4.69) is 33.9 Å². The highest BCUT2D eigenvalue weighted by Crippen LogP contribution is 2.29. The fraction of sp³-hybridized carbons (Fsp3) is 0.481. The second-order valence-corrected chi connectivity index (χ2v) is 13.5. The number of carbonyl (C=O) groups is 2. The van der Waals surface area contributed by atoms with Crippen LogP contribution in [0.25, 0.3) is 6.08 Å². The maximum absolute atomic E-state index is 13.4. The Morgan fingerprint density at radius 1 is 1.05 bits per heavy atom. The number of nitrogens with one attached hydrogen (secondary N) is 1. The van der Waals surface area contributed by atoms with Crippen molar-refractivity contribution in [2.24, 2.45) is 0 Å². The monoisotopic (exact) mass is 576 g/mol. The van der Waals surface area contributed by atoms with Crippen LogP contribution in [0.2, 0.25) is 4.34 Å². The summed E-state index contributed by atoms with van der Waals surface area (Å²) in [6.07, 6.45) is 6.58. The summed E-state index contributed by atoms with van der Waals surface area (Å²) in [6.45, 7) is 2.89. The van der Waals surface area contributed by atoms with Crippen molar-refractivity contribution < 1.29 is 18.0 Å². The quantitative estimate of drug-likeness (QED) is 0.517. The SMILES string of the molecule is O=C1[C@@H](NS(=O)(=O)/C=C/c2ccc(Cl)s2)CCCN1CC(=O)N1CCC[C@H]1CN1CCCc2ccccc21. The number of amides is 2. The van der Waals surface area contributed by atoms with E-state index in [1.807, 2.05) is 4.90 Å². The molecule has 0 aliphatic carbocycles. The van der Waals surface area contributed by atoms with Crippen molar-refractivity contribution in [2.45, 2.75) is 50.6 Å². The number of para-hydroxylation sites is 1. The van der Waals surface area contributed by atoms with Gasteiger partial charge in [0.05, 0.1) is 10.9 Å². The predicted octanol–water partition coefficient (Wildman–Crippen LogP) is 3.73. The van der Waals surface area contributed by atoms with Crippen LogP contribution in [0.3, 0.4) is 0 Å². The van der Waals surface area contributed by atoms with E-state index in [0.29, 0.717) is 35.1 Å². The molecule has 38 heavy (non-hydrogen) atoms. The lowest BCUT2D eigenvalue weighted by Gasteiger charge is -2.37. The number of halogens is 1. The van der Waals surface area contributed by atoms with Crippen LogP contribution >= 0.6 is 22.9 Å². The van der Waals surface area contributed by atoms with Crippen molar-refractivity contribution in [3.63, 3.8) is 0 Å². The molecule has 2 saturated heterocycles. The minimum atomic E-state index is -3.84. The third-order valence-corrected chi connectivity index (χ3v) is 9.81. The molecule has 3 aliphatic rings. The molecular formula is C27H33ClN4O4S2. The molecule has 2 fully saturated rings. The minimum Gasteiger partial charge on any atom is -0.369 e. The second-order valence-electron chi connectivity index (χ2n) is 10.1. The Hall–Kier alpha value is -2.40. The van der Waals surface area contributed by atoms with Crippen LogP contribution < -0.4 is 9.62 Å². The lowest BCUT2D eigenvalue weighted by atomic mass is 10.0. The Morgan fingerprint density at radius 2 is 1.84 bits per heavy atom. The van der Waals surface area contributed by atoms with Crippen molar-refractivity contribution in [1.29, 1.82) is 0 Å². The molecule has 0 saturated carbocycles. The van der Waals surface area contributed by atoms with E-state index in [-0.39, 0.29) is 24.4 Å². The normalized spacial score (nSPS) is 22.3. The van der Waals surface area contributed by atoms with Crippen LogP contribution in [0.4, 0.5) is 5.69 Å². The van der Waals surface area contributed by atoms with Crippen LogP contribution in [0.1, 0.15) is 42.5 Å². The summed E-state index contributed by atoms with van der Waals surface area (Å²) < 4.78 is 28.3. The zero-order chi connectivity index (χ0) is 26.7. The highest BCUT2D eigenvalue weighted by atomic mass is 35.5. The first kappa shape index (κ1) is 27.2. The van der Waals surface area contributed by atoms with Gasteiger partial charge in [-0.2, -0.15) is 4.72 Å². The lowest BCUT2D eigenvalue weighted by molar-refractivity contribution is -0.143. The van der Waals surface area contributed by atoms with Gasteiger partial charge < -0.3 is 14.7 Å². The number of fused-ring (bicyclic) bond motifs is 1. The molecule has 1 aromatic heterocycles. The number of nitrogens with zero attached hydrogens (tertiary/aromatic N) is 3. The van der Waals surface area contributed by atoms with Gasteiger partial charge in [0.25, 0.3) is 0 Å². The fourth-order valence-electron chi connectivity index (χ4n) is 5.68. The van der Waals surface area contributed by atoms with Gasteiger partial charge in [-0.25, -0.2) is 8.42 Å². The van der Waals surface area contributed by atoms with Gasteiger partial charge in [0.15, 0.2) is 0 Å². The van der Waals surface area contributed by atoms with Crippen LogP contribution in [0.15, 0.2) is 41.8 Å². The van der Waals surface area contributed by atoms with E-state index >= 15 is 0 Å². The number of anilines is 1. The predicted molar refractivity (Wildman–Crippen MR) is 152 cm³/mol. The number of benzene rings is 1. The first-order valence-electron chi connectivity index (χ1n) is 13.2. The summed E-state index contributed by atoms with van der Waals surface area (Å²) in [5.74, 6) is -0.412. The fourth-order valence-corrected chi connectivity index (χ4v) is 7.75. The van der Waals surface area contributed by atoms with Gasteiger partial charge in [0, 0.05) is 48.2 Å². The van der Waals surface area contributed by atoms with Crippen molar-refractivity contribution in [1.82, 2.24) is 14.5 Å². The molecule has 0 unspecified atom stereocenters. The van der Waals surface area contributed by atoms with Gasteiger partial charge in [-0.1, -0.05) is 29.8 Å². The zero-order valence-corrected chi connectivity index (χ0v) is 23.6. The molecular weight excluding hydrogens is 544 g/mol. The smallest absolute Gasteiger partial charge is 0.242 e. The Kier molecular flexibility index (Phi) is 8.42. The first-order valence-corrected chi connectivity index (χ1v) is 15.9. The minimum absolute atomic E-state index is 0.0202. The summed E-state index contributed by atoms with van der Waals surface area (Å²) in [6, 6.07) is 11.1. The maximum Gasteiger partial charge on any atom is 0.242 e. The van der Waals surface area contributed by atoms with Gasteiger partial charge in [0.2, 0.25) is 21.8 Å². The Labute approximate surface area is 233 Å². The average Bonchev–Trinajstić information content (AvgIpc) is 3.54. The first-order chi connectivity index (χ1) is 18.3. The number of likely N-dealkylation sites (tertiary alicyclic amines) is 2. The largest absolute Gasteiger partial charge is 0.369 e. The molecule has 2 atom stereocenters. The molecule has 8 nitrogen and oxygen atoms in total. The molecule has 1 N–H and O–H groups in total. The van der Waals surface area contributed by atoms with Crippen LogP contribution in [0, 0.1) is 0 Å². The van der Waals surface area contributed by atoms with E-state index in [9.17, 15) is 18.0 Å². The Balaban J connectivity index is 1.19. The van der Waals surface area contributed by atoms with Crippen LogP contribution in [-0.2, 0) is 26.0 Å². The molecule has 3 aliphatic heterocycles. The van der Waals surface area contributed by atoms with Crippen molar-refractivity contribution >= 4 is 56.5 Å². The number of hydrogen-bond acceptors (Lipinski definition) is 6. The van der Waals surface area contributed by atoms with E-state index in [1.54, 1.807) is 12.1 Å². The number of aryl methyl sites for hydroxylation is 1. The molecule has 5 rings (SSSR count). The molecule has 0 radical (unpaired) electrons. The number of hydrogen-bond donors (Lipinski definition) is 1. The summed E-state index contributed by atoms with van der Waals surface area (Å²) in [7, 11) is -3.84. The number of piperidine rings is 1. The van der Waals surface area contributed by atoms with Crippen molar-refractivity contribution in [2.75, 3.05) is 37.6 Å². The zero-order valence-electron chi connectivity index (χ0n) is 21.2. The van der Waals surface area contributed by atoms with Crippen LogP contribution in [-0.4, -0.2) is 74.8 Å². The van der Waals surface area contributed by atoms with Gasteiger partial charge in [0.1, 0.15) is 6.04 Å². The number of carbonyl (C=O) groups excluding carboxylic acids is 2.